The van der Waals surface area contributed by atoms with Crippen LogP contribution in [0.1, 0.15) is 25.0 Å². The first-order valence-electron chi connectivity index (χ1n) is 4.83. The van der Waals surface area contributed by atoms with Crippen LogP contribution in [0.2, 0.25) is 0 Å². The Morgan fingerprint density at radius 1 is 1.00 bits per heavy atom. The molecule has 0 aliphatic rings. The van der Waals surface area contributed by atoms with Crippen molar-refractivity contribution in [1.29, 1.82) is 0 Å². The molecule has 0 unspecified atom stereocenters. The standard InChI is InChI=1S/C10H18N2O/c1-3-11-5-9-7-13-8-10(9)6-12-4-2/h7-8,11-12H,3-6H2,1-2H3. The predicted octanol–water partition coefficient (Wildman–Crippen LogP) is 1.50. The molecule has 0 spiro atoms. The Kier molecular flexibility index (Phi) is 4.57. The lowest BCUT2D eigenvalue weighted by Gasteiger charge is -2.03. The fraction of sp³-hybridized carbons (Fsp3) is 0.600. The van der Waals surface area contributed by atoms with Gasteiger partial charge in [0.25, 0.3) is 0 Å². The van der Waals surface area contributed by atoms with Crippen molar-refractivity contribution in [3.05, 3.63) is 23.7 Å². The van der Waals surface area contributed by atoms with Crippen molar-refractivity contribution in [1.82, 2.24) is 10.6 Å². The fourth-order valence-corrected chi connectivity index (χ4v) is 1.18. The van der Waals surface area contributed by atoms with E-state index in [1.807, 2.05) is 12.5 Å². The summed E-state index contributed by atoms with van der Waals surface area (Å²) in [5, 5.41) is 6.56. The van der Waals surface area contributed by atoms with Crippen LogP contribution in [0.3, 0.4) is 0 Å². The highest BCUT2D eigenvalue weighted by atomic mass is 16.3. The normalized spacial score (nSPS) is 10.6. The zero-order valence-corrected chi connectivity index (χ0v) is 8.39. The third-order valence-corrected chi connectivity index (χ3v) is 1.96. The van der Waals surface area contributed by atoms with E-state index in [1.165, 1.54) is 11.1 Å². The van der Waals surface area contributed by atoms with E-state index in [0.717, 1.165) is 26.2 Å². The van der Waals surface area contributed by atoms with Gasteiger partial charge in [0.15, 0.2) is 0 Å². The summed E-state index contributed by atoms with van der Waals surface area (Å²) in [5.74, 6) is 0. The van der Waals surface area contributed by atoms with Gasteiger partial charge < -0.3 is 15.1 Å². The van der Waals surface area contributed by atoms with Gasteiger partial charge in [0.05, 0.1) is 12.5 Å². The van der Waals surface area contributed by atoms with Crippen LogP contribution in [0.25, 0.3) is 0 Å². The molecule has 2 N–H and O–H groups in total. The molecule has 74 valence electrons. The van der Waals surface area contributed by atoms with Gasteiger partial charge in [0.1, 0.15) is 0 Å². The third kappa shape index (κ3) is 3.20. The molecule has 1 aromatic heterocycles. The molecule has 1 aromatic rings. The second kappa shape index (κ2) is 5.78. The van der Waals surface area contributed by atoms with Crippen molar-refractivity contribution in [3.8, 4) is 0 Å². The first-order valence-corrected chi connectivity index (χ1v) is 4.83. The van der Waals surface area contributed by atoms with E-state index in [2.05, 4.69) is 24.5 Å². The summed E-state index contributed by atoms with van der Waals surface area (Å²) in [6, 6.07) is 0. The van der Waals surface area contributed by atoms with Gasteiger partial charge in [-0.2, -0.15) is 0 Å². The van der Waals surface area contributed by atoms with E-state index in [-0.39, 0.29) is 0 Å². The Morgan fingerprint density at radius 2 is 1.46 bits per heavy atom. The summed E-state index contributed by atoms with van der Waals surface area (Å²) in [4.78, 5) is 0. The molecule has 0 amide bonds. The van der Waals surface area contributed by atoms with E-state index in [9.17, 15) is 0 Å². The summed E-state index contributed by atoms with van der Waals surface area (Å²) < 4.78 is 5.16. The molecule has 3 nitrogen and oxygen atoms in total. The Labute approximate surface area is 79.5 Å². The van der Waals surface area contributed by atoms with Crippen LogP contribution in [-0.2, 0) is 13.1 Å². The maximum absolute atomic E-state index is 5.16. The Morgan fingerprint density at radius 3 is 1.85 bits per heavy atom. The van der Waals surface area contributed by atoms with Gasteiger partial charge in [-0.3, -0.25) is 0 Å². The Bertz CT molecular complexity index is 210. The fourth-order valence-electron chi connectivity index (χ4n) is 1.18. The molecule has 0 atom stereocenters. The zero-order chi connectivity index (χ0) is 9.52. The van der Waals surface area contributed by atoms with E-state index in [4.69, 9.17) is 4.42 Å². The van der Waals surface area contributed by atoms with Crippen LogP contribution in [0, 0.1) is 0 Å². The molecular formula is C10H18N2O. The third-order valence-electron chi connectivity index (χ3n) is 1.96. The zero-order valence-electron chi connectivity index (χ0n) is 8.39. The molecule has 1 rings (SSSR count). The quantitative estimate of drug-likeness (QED) is 0.700. The van der Waals surface area contributed by atoms with Crippen molar-refractivity contribution < 1.29 is 4.42 Å². The van der Waals surface area contributed by atoms with Gasteiger partial charge in [-0.05, 0) is 13.1 Å². The minimum Gasteiger partial charge on any atom is -0.472 e. The highest BCUT2D eigenvalue weighted by molar-refractivity contribution is 5.20. The number of hydrogen-bond donors (Lipinski definition) is 2. The number of furan rings is 1. The summed E-state index contributed by atoms with van der Waals surface area (Å²) in [5.41, 5.74) is 2.51. The molecule has 0 aliphatic carbocycles. The van der Waals surface area contributed by atoms with Crippen molar-refractivity contribution in [2.45, 2.75) is 26.9 Å². The second-order valence-electron chi connectivity index (χ2n) is 2.98. The van der Waals surface area contributed by atoms with Gasteiger partial charge in [-0.1, -0.05) is 13.8 Å². The molecule has 1 heterocycles. The average molecular weight is 182 g/mol. The molecule has 0 saturated carbocycles. The van der Waals surface area contributed by atoms with E-state index in [1.54, 1.807) is 0 Å². The first kappa shape index (κ1) is 10.3. The van der Waals surface area contributed by atoms with Gasteiger partial charge in [-0.25, -0.2) is 0 Å². The number of nitrogens with one attached hydrogen (secondary N) is 2. The maximum Gasteiger partial charge on any atom is 0.0950 e. The lowest BCUT2D eigenvalue weighted by molar-refractivity contribution is 0.557. The lowest BCUT2D eigenvalue weighted by Crippen LogP contribution is -2.16. The molecule has 0 radical (unpaired) electrons. The van der Waals surface area contributed by atoms with Gasteiger partial charge >= 0.3 is 0 Å². The topological polar surface area (TPSA) is 37.2 Å². The van der Waals surface area contributed by atoms with Crippen LogP contribution in [0.4, 0.5) is 0 Å². The van der Waals surface area contributed by atoms with E-state index in [0.29, 0.717) is 0 Å². The largest absolute Gasteiger partial charge is 0.472 e. The predicted molar refractivity (Wildman–Crippen MR) is 53.5 cm³/mol. The monoisotopic (exact) mass is 182 g/mol. The Hall–Kier alpha value is -0.800. The lowest BCUT2D eigenvalue weighted by atomic mass is 10.2. The van der Waals surface area contributed by atoms with Crippen LogP contribution >= 0.6 is 0 Å². The molecule has 13 heavy (non-hydrogen) atoms. The summed E-state index contributed by atoms with van der Waals surface area (Å²) in [7, 11) is 0. The molecule has 0 fully saturated rings. The van der Waals surface area contributed by atoms with Crippen LogP contribution in [0.15, 0.2) is 16.9 Å². The molecular weight excluding hydrogens is 164 g/mol. The Balaban J connectivity index is 2.45. The summed E-state index contributed by atoms with van der Waals surface area (Å²) in [6.07, 6.45) is 3.63. The van der Waals surface area contributed by atoms with Gasteiger partial charge in [0.2, 0.25) is 0 Å². The van der Waals surface area contributed by atoms with Crippen LogP contribution in [0.5, 0.6) is 0 Å². The smallest absolute Gasteiger partial charge is 0.0950 e. The van der Waals surface area contributed by atoms with Crippen molar-refractivity contribution >= 4 is 0 Å². The summed E-state index contributed by atoms with van der Waals surface area (Å²) in [6.45, 7) is 7.98. The van der Waals surface area contributed by atoms with Crippen molar-refractivity contribution in [2.24, 2.45) is 0 Å². The highest BCUT2D eigenvalue weighted by Crippen LogP contribution is 2.09. The summed E-state index contributed by atoms with van der Waals surface area (Å²) >= 11 is 0. The van der Waals surface area contributed by atoms with Crippen LogP contribution < -0.4 is 10.6 Å². The highest BCUT2D eigenvalue weighted by Gasteiger charge is 2.03. The molecule has 3 heteroatoms. The minimum absolute atomic E-state index is 0.897. The first-order chi connectivity index (χ1) is 6.38. The van der Waals surface area contributed by atoms with E-state index >= 15 is 0 Å². The van der Waals surface area contributed by atoms with Crippen LogP contribution in [-0.4, -0.2) is 13.1 Å². The van der Waals surface area contributed by atoms with Gasteiger partial charge in [-0.15, -0.1) is 0 Å². The SMILES string of the molecule is CCNCc1cocc1CNCC. The number of rotatable bonds is 6. The molecule has 0 bridgehead atoms. The van der Waals surface area contributed by atoms with Crippen molar-refractivity contribution in [3.63, 3.8) is 0 Å². The van der Waals surface area contributed by atoms with E-state index < -0.39 is 0 Å². The average Bonchev–Trinajstić information content (AvgIpc) is 2.59. The number of hydrogen-bond acceptors (Lipinski definition) is 3. The second-order valence-corrected chi connectivity index (χ2v) is 2.98. The van der Waals surface area contributed by atoms with Gasteiger partial charge in [0, 0.05) is 24.2 Å². The molecule has 0 aliphatic heterocycles. The maximum atomic E-state index is 5.16. The van der Waals surface area contributed by atoms with Crippen molar-refractivity contribution in [2.75, 3.05) is 13.1 Å². The minimum atomic E-state index is 0.897. The molecule has 0 saturated heterocycles. The molecule has 0 aromatic carbocycles.